The first-order valence-electron chi connectivity index (χ1n) is 8.47. The zero-order chi connectivity index (χ0) is 18.5. The van der Waals surface area contributed by atoms with Crippen LogP contribution in [0.1, 0.15) is 43.7 Å². The quantitative estimate of drug-likeness (QED) is 0.760. The summed E-state index contributed by atoms with van der Waals surface area (Å²) in [4.78, 5) is 12.5. The van der Waals surface area contributed by atoms with Crippen LogP contribution in [0.3, 0.4) is 0 Å². The summed E-state index contributed by atoms with van der Waals surface area (Å²) >= 11 is 3.74. The molecule has 3 rings (SSSR count). The molecule has 2 aromatic rings. The highest BCUT2D eigenvalue weighted by Crippen LogP contribution is 2.44. The van der Waals surface area contributed by atoms with Gasteiger partial charge in [0.05, 0.1) is 23.9 Å². The van der Waals surface area contributed by atoms with E-state index in [1.165, 1.54) is 18.3 Å². The Hall–Kier alpha value is -1.53. The molecule has 0 spiro atoms. The van der Waals surface area contributed by atoms with Crippen LogP contribution >= 0.6 is 15.9 Å². The molecule has 136 valence electrons. The van der Waals surface area contributed by atoms with Crippen molar-refractivity contribution in [2.45, 2.75) is 52.9 Å². The number of nitrogens with one attached hydrogen (secondary N) is 1. The van der Waals surface area contributed by atoms with Gasteiger partial charge in [-0.05, 0) is 62.2 Å². The summed E-state index contributed by atoms with van der Waals surface area (Å²) in [7, 11) is 1.39. The Morgan fingerprint density at radius 1 is 1.36 bits per heavy atom. The van der Waals surface area contributed by atoms with E-state index in [1.807, 2.05) is 27.7 Å². The monoisotopic (exact) mass is 408 g/mol. The number of aryl methyl sites for hydroxylation is 1. The van der Waals surface area contributed by atoms with E-state index in [9.17, 15) is 4.79 Å². The van der Waals surface area contributed by atoms with E-state index in [0.29, 0.717) is 0 Å². The molecule has 2 heterocycles. The van der Waals surface area contributed by atoms with E-state index >= 15 is 0 Å². The Balaban J connectivity index is 2.30. The highest BCUT2D eigenvalue weighted by molar-refractivity contribution is 9.10. The van der Waals surface area contributed by atoms with Crippen LogP contribution in [0, 0.1) is 13.8 Å². The normalized spacial score (nSPS) is 15.2. The molecule has 0 radical (unpaired) electrons. The van der Waals surface area contributed by atoms with Crippen LogP contribution in [0.5, 0.6) is 0 Å². The molecular formula is C19H25BrN2O3. The standard InChI is InChI=1S/C19H25BrN2O3/c1-10-9-12-14(20)13(17(18(23)24-6)25-19(3,4)5)11(2)15-16(12)22(10)8-7-21-15/h9,17,21H,7-8H2,1-6H3/t17-/m0/s1. The zero-order valence-corrected chi connectivity index (χ0v) is 17.2. The van der Waals surface area contributed by atoms with Gasteiger partial charge in [0, 0.05) is 34.2 Å². The molecule has 1 aromatic heterocycles. The van der Waals surface area contributed by atoms with Crippen molar-refractivity contribution in [2.75, 3.05) is 19.0 Å². The lowest BCUT2D eigenvalue weighted by molar-refractivity contribution is -0.164. The van der Waals surface area contributed by atoms with Gasteiger partial charge in [0.15, 0.2) is 6.10 Å². The van der Waals surface area contributed by atoms with Crippen molar-refractivity contribution in [1.82, 2.24) is 4.57 Å². The van der Waals surface area contributed by atoms with Crippen LogP contribution in [0.2, 0.25) is 0 Å². The highest BCUT2D eigenvalue weighted by atomic mass is 79.9. The third kappa shape index (κ3) is 3.06. The van der Waals surface area contributed by atoms with Crippen molar-refractivity contribution >= 4 is 38.5 Å². The third-order valence-electron chi connectivity index (χ3n) is 4.58. The van der Waals surface area contributed by atoms with Crippen molar-refractivity contribution in [1.29, 1.82) is 0 Å². The molecule has 6 heteroatoms. The van der Waals surface area contributed by atoms with Gasteiger partial charge in [0.2, 0.25) is 0 Å². The van der Waals surface area contributed by atoms with Gasteiger partial charge in [-0.2, -0.15) is 0 Å². The number of anilines is 1. The molecule has 1 N–H and O–H groups in total. The number of halogens is 1. The summed E-state index contributed by atoms with van der Waals surface area (Å²) in [6, 6.07) is 2.16. The van der Waals surface area contributed by atoms with Gasteiger partial charge in [-0.25, -0.2) is 4.79 Å². The number of hydrogen-bond donors (Lipinski definition) is 1. The molecule has 5 nitrogen and oxygen atoms in total. The van der Waals surface area contributed by atoms with Crippen molar-refractivity contribution in [3.8, 4) is 0 Å². The number of methoxy groups -OCH3 is 1. The Morgan fingerprint density at radius 2 is 2.04 bits per heavy atom. The van der Waals surface area contributed by atoms with Gasteiger partial charge in [0.1, 0.15) is 0 Å². The molecule has 25 heavy (non-hydrogen) atoms. The average molecular weight is 409 g/mol. The smallest absolute Gasteiger partial charge is 0.339 e. The number of ether oxygens (including phenoxy) is 2. The van der Waals surface area contributed by atoms with Crippen molar-refractivity contribution in [3.05, 3.63) is 27.4 Å². The number of esters is 1. The van der Waals surface area contributed by atoms with Gasteiger partial charge in [0.25, 0.3) is 0 Å². The number of nitrogens with zero attached hydrogens (tertiary/aromatic N) is 1. The van der Waals surface area contributed by atoms with Crippen molar-refractivity contribution in [3.63, 3.8) is 0 Å². The largest absolute Gasteiger partial charge is 0.467 e. The van der Waals surface area contributed by atoms with Crippen LogP contribution < -0.4 is 5.32 Å². The Kier molecular flexibility index (Phi) is 4.62. The molecule has 0 saturated carbocycles. The van der Waals surface area contributed by atoms with Crippen LogP contribution in [-0.2, 0) is 20.8 Å². The van der Waals surface area contributed by atoms with Crippen LogP contribution in [0.15, 0.2) is 10.5 Å². The Labute approximate surface area is 156 Å². The van der Waals surface area contributed by atoms with E-state index in [0.717, 1.165) is 39.8 Å². The molecule has 1 aromatic carbocycles. The van der Waals surface area contributed by atoms with Gasteiger partial charge in [-0.3, -0.25) is 0 Å². The van der Waals surface area contributed by atoms with Crippen LogP contribution in [-0.4, -0.2) is 29.8 Å². The Bertz CT molecular complexity index is 849. The van der Waals surface area contributed by atoms with E-state index in [1.54, 1.807) is 0 Å². The van der Waals surface area contributed by atoms with E-state index < -0.39 is 17.7 Å². The molecule has 0 amide bonds. The summed E-state index contributed by atoms with van der Waals surface area (Å²) in [6.07, 6.45) is -0.785. The van der Waals surface area contributed by atoms with Gasteiger partial charge < -0.3 is 19.4 Å². The second kappa shape index (κ2) is 6.32. The zero-order valence-electron chi connectivity index (χ0n) is 15.6. The van der Waals surface area contributed by atoms with Gasteiger partial charge in [-0.1, -0.05) is 0 Å². The summed E-state index contributed by atoms with van der Waals surface area (Å²) in [5.41, 5.74) is 4.82. The summed E-state index contributed by atoms with van der Waals surface area (Å²) in [6.45, 7) is 11.8. The number of carbonyl (C=O) groups excluding carboxylic acids is 1. The molecule has 1 aliphatic heterocycles. The highest BCUT2D eigenvalue weighted by Gasteiger charge is 2.34. The fourth-order valence-electron chi connectivity index (χ4n) is 3.53. The molecule has 0 bridgehead atoms. The Morgan fingerprint density at radius 3 is 2.64 bits per heavy atom. The van der Waals surface area contributed by atoms with Crippen molar-refractivity contribution in [2.24, 2.45) is 0 Å². The fourth-order valence-corrected chi connectivity index (χ4v) is 4.34. The average Bonchev–Trinajstić information content (AvgIpc) is 2.88. The second-order valence-corrected chi connectivity index (χ2v) is 8.28. The predicted molar refractivity (Wildman–Crippen MR) is 103 cm³/mol. The van der Waals surface area contributed by atoms with Gasteiger partial charge >= 0.3 is 5.97 Å². The first-order chi connectivity index (χ1) is 11.7. The third-order valence-corrected chi connectivity index (χ3v) is 5.43. The second-order valence-electron chi connectivity index (χ2n) is 7.49. The summed E-state index contributed by atoms with van der Waals surface area (Å²) in [5.74, 6) is -0.391. The van der Waals surface area contributed by atoms with E-state index in [2.05, 4.69) is 38.8 Å². The van der Waals surface area contributed by atoms with Crippen molar-refractivity contribution < 1.29 is 14.3 Å². The predicted octanol–water partition coefficient (Wildman–Crippen LogP) is 4.48. The molecule has 0 unspecified atom stereocenters. The lowest BCUT2D eigenvalue weighted by Crippen LogP contribution is -2.29. The number of hydrogen-bond acceptors (Lipinski definition) is 4. The SMILES string of the molecule is COC(=O)[C@@H](OC(C)(C)C)c1c(C)c2c3c(cc(C)n3CCN2)c1Br. The summed E-state index contributed by atoms with van der Waals surface area (Å²) < 4.78 is 14.4. The summed E-state index contributed by atoms with van der Waals surface area (Å²) in [5, 5.41) is 4.59. The maximum Gasteiger partial charge on any atom is 0.339 e. The number of aromatic nitrogens is 1. The minimum absolute atomic E-state index is 0.391. The van der Waals surface area contributed by atoms with Crippen LogP contribution in [0.4, 0.5) is 5.69 Å². The maximum atomic E-state index is 12.5. The molecule has 1 atom stereocenters. The van der Waals surface area contributed by atoms with E-state index in [-0.39, 0.29) is 0 Å². The topological polar surface area (TPSA) is 52.5 Å². The molecular weight excluding hydrogens is 384 g/mol. The van der Waals surface area contributed by atoms with Crippen LogP contribution in [0.25, 0.3) is 10.9 Å². The minimum Gasteiger partial charge on any atom is -0.467 e. The lowest BCUT2D eigenvalue weighted by Gasteiger charge is -2.30. The number of benzene rings is 1. The number of carbonyl (C=O) groups is 1. The first kappa shape index (κ1) is 18.3. The minimum atomic E-state index is -0.785. The molecule has 0 saturated heterocycles. The molecule has 0 aliphatic carbocycles. The fraction of sp³-hybridized carbons (Fsp3) is 0.526. The van der Waals surface area contributed by atoms with Gasteiger partial charge in [-0.15, -0.1) is 0 Å². The maximum absolute atomic E-state index is 12.5. The molecule has 0 fully saturated rings. The lowest BCUT2D eigenvalue weighted by atomic mass is 9.97. The van der Waals surface area contributed by atoms with E-state index in [4.69, 9.17) is 9.47 Å². The number of rotatable bonds is 3. The first-order valence-corrected chi connectivity index (χ1v) is 9.26. The molecule has 1 aliphatic rings.